The molecule has 2 aromatic carbocycles. The molecule has 1 saturated heterocycles. The summed E-state index contributed by atoms with van der Waals surface area (Å²) < 4.78 is 51.0. The lowest BCUT2D eigenvalue weighted by Crippen LogP contribution is -2.35. The maximum absolute atomic E-state index is 13.7. The van der Waals surface area contributed by atoms with Gasteiger partial charge in [-0.1, -0.05) is 35.8 Å². The fourth-order valence-corrected chi connectivity index (χ4v) is 5.22. The lowest BCUT2D eigenvalue weighted by atomic mass is 10.1. The number of esters is 1. The van der Waals surface area contributed by atoms with E-state index in [1.54, 1.807) is 43.3 Å². The van der Waals surface area contributed by atoms with Crippen LogP contribution in [0.25, 0.3) is 11.4 Å². The number of carbonyl (C=O) groups excluding carboxylic acids is 1. The molecule has 34 heavy (non-hydrogen) atoms. The molecule has 0 spiro atoms. The molecule has 0 unspecified atom stereocenters. The average Bonchev–Trinajstić information content (AvgIpc) is 3.33. The largest absolute Gasteiger partial charge is 0.456 e. The second-order valence-corrected chi connectivity index (χ2v) is 10.2. The van der Waals surface area contributed by atoms with E-state index in [0.29, 0.717) is 30.6 Å². The van der Waals surface area contributed by atoms with Crippen molar-refractivity contribution in [2.75, 3.05) is 13.1 Å². The van der Waals surface area contributed by atoms with Gasteiger partial charge in [0.05, 0.1) is 4.90 Å². The molecule has 0 saturated carbocycles. The van der Waals surface area contributed by atoms with Gasteiger partial charge in [0, 0.05) is 25.1 Å². The number of carbonyl (C=O) groups is 1. The molecule has 0 radical (unpaired) electrons. The third-order valence-corrected chi connectivity index (χ3v) is 7.66. The van der Waals surface area contributed by atoms with Gasteiger partial charge in [-0.2, -0.15) is 9.29 Å². The number of hydrogen-bond donors (Lipinski definition) is 0. The molecule has 1 aliphatic rings. The van der Waals surface area contributed by atoms with Crippen LogP contribution >= 0.6 is 0 Å². The third-order valence-electron chi connectivity index (χ3n) is 5.75. The number of nitrogens with zero attached hydrogens (tertiary/aromatic N) is 3. The molecule has 0 aliphatic carbocycles. The van der Waals surface area contributed by atoms with Crippen LogP contribution in [0.2, 0.25) is 0 Å². The molecular formula is C24H26FN3O5S. The molecule has 0 N–H and O–H groups in total. The van der Waals surface area contributed by atoms with Gasteiger partial charge in [0.1, 0.15) is 5.82 Å². The Kier molecular flexibility index (Phi) is 7.38. The van der Waals surface area contributed by atoms with Crippen LogP contribution in [-0.4, -0.2) is 41.9 Å². The fourth-order valence-electron chi connectivity index (χ4n) is 3.71. The van der Waals surface area contributed by atoms with E-state index < -0.39 is 16.0 Å². The molecular weight excluding hydrogens is 461 g/mol. The Labute approximate surface area is 197 Å². The summed E-state index contributed by atoms with van der Waals surface area (Å²) in [6.45, 7) is 2.58. The van der Waals surface area contributed by atoms with E-state index in [-0.39, 0.29) is 35.5 Å². The molecule has 1 fully saturated rings. The van der Waals surface area contributed by atoms with Crippen LogP contribution < -0.4 is 0 Å². The summed E-state index contributed by atoms with van der Waals surface area (Å²) in [5, 5.41) is 3.79. The Hall–Kier alpha value is -3.11. The smallest absolute Gasteiger partial charge is 0.306 e. The van der Waals surface area contributed by atoms with Crippen LogP contribution in [0, 0.1) is 12.7 Å². The van der Waals surface area contributed by atoms with Crippen molar-refractivity contribution in [3.63, 3.8) is 0 Å². The lowest BCUT2D eigenvalue weighted by Gasteiger charge is -2.25. The van der Waals surface area contributed by atoms with Crippen LogP contribution in [0.15, 0.2) is 51.9 Å². The fraction of sp³-hybridized carbons (Fsp3) is 0.375. The number of aromatic nitrogens is 2. The average molecular weight is 488 g/mol. The van der Waals surface area contributed by atoms with Gasteiger partial charge < -0.3 is 9.26 Å². The Balaban J connectivity index is 1.26. The Morgan fingerprint density at radius 1 is 1.12 bits per heavy atom. The first-order chi connectivity index (χ1) is 16.3. The SMILES string of the molecule is Cc1ccc(-c2noc(COC(=O)CCc3ccc(S(=O)(=O)N4CCCCC4)cc3)n2)cc1F. The number of rotatable bonds is 8. The quantitative estimate of drug-likeness (QED) is 0.442. The first kappa shape index (κ1) is 24.0. The lowest BCUT2D eigenvalue weighted by molar-refractivity contribution is -0.145. The van der Waals surface area contributed by atoms with Crippen LogP contribution in [0.4, 0.5) is 4.39 Å². The normalized spacial score (nSPS) is 14.8. The standard InChI is InChI=1S/C24H26FN3O5S/c1-17-5-9-19(15-21(17)25)24-26-22(33-27-24)16-32-23(29)12-8-18-6-10-20(11-7-18)34(30,31)28-13-3-2-4-14-28/h5-7,9-11,15H,2-4,8,12-14,16H2,1H3. The van der Waals surface area contributed by atoms with E-state index in [0.717, 1.165) is 24.8 Å². The number of aryl methyl sites for hydroxylation is 2. The van der Waals surface area contributed by atoms with Crippen LogP contribution in [0.5, 0.6) is 0 Å². The van der Waals surface area contributed by atoms with Gasteiger partial charge in [0.15, 0.2) is 6.61 Å². The van der Waals surface area contributed by atoms with Crippen molar-refractivity contribution in [3.05, 3.63) is 65.3 Å². The number of ether oxygens (including phenoxy) is 1. The Morgan fingerprint density at radius 3 is 2.56 bits per heavy atom. The van der Waals surface area contributed by atoms with Crippen LogP contribution in [-0.2, 0) is 32.6 Å². The van der Waals surface area contributed by atoms with E-state index in [2.05, 4.69) is 10.1 Å². The summed E-state index contributed by atoms with van der Waals surface area (Å²) in [5.41, 5.74) is 1.81. The molecule has 2 heterocycles. The minimum Gasteiger partial charge on any atom is -0.456 e. The van der Waals surface area contributed by atoms with Gasteiger partial charge in [0.2, 0.25) is 15.8 Å². The highest BCUT2D eigenvalue weighted by Crippen LogP contribution is 2.22. The van der Waals surface area contributed by atoms with Gasteiger partial charge in [0.25, 0.3) is 5.89 Å². The second-order valence-electron chi connectivity index (χ2n) is 8.25. The van der Waals surface area contributed by atoms with E-state index >= 15 is 0 Å². The maximum Gasteiger partial charge on any atom is 0.306 e. The van der Waals surface area contributed by atoms with Crippen molar-refractivity contribution in [2.24, 2.45) is 0 Å². The summed E-state index contributed by atoms with van der Waals surface area (Å²) in [6, 6.07) is 11.2. The van der Waals surface area contributed by atoms with Gasteiger partial charge in [-0.15, -0.1) is 0 Å². The summed E-state index contributed by atoms with van der Waals surface area (Å²) >= 11 is 0. The summed E-state index contributed by atoms with van der Waals surface area (Å²) in [6.07, 6.45) is 3.34. The number of sulfonamides is 1. The molecule has 0 bridgehead atoms. The van der Waals surface area contributed by atoms with Crippen molar-refractivity contribution in [3.8, 4) is 11.4 Å². The number of piperidine rings is 1. The molecule has 10 heteroatoms. The zero-order chi connectivity index (χ0) is 24.1. The predicted octanol–water partition coefficient (Wildman–Crippen LogP) is 4.03. The molecule has 8 nitrogen and oxygen atoms in total. The summed E-state index contributed by atoms with van der Waals surface area (Å²) in [4.78, 5) is 16.5. The first-order valence-corrected chi connectivity index (χ1v) is 12.6. The van der Waals surface area contributed by atoms with Gasteiger partial charge in [-0.25, -0.2) is 12.8 Å². The topological polar surface area (TPSA) is 103 Å². The molecule has 1 aromatic heterocycles. The highest BCUT2D eigenvalue weighted by Gasteiger charge is 2.25. The van der Waals surface area contributed by atoms with E-state index in [4.69, 9.17) is 9.26 Å². The summed E-state index contributed by atoms with van der Waals surface area (Å²) in [5.74, 6) is -0.500. The number of hydrogen-bond acceptors (Lipinski definition) is 7. The summed E-state index contributed by atoms with van der Waals surface area (Å²) in [7, 11) is -3.47. The van der Waals surface area contributed by atoms with E-state index in [1.165, 1.54) is 10.4 Å². The first-order valence-electron chi connectivity index (χ1n) is 11.2. The zero-order valence-corrected chi connectivity index (χ0v) is 19.7. The second kappa shape index (κ2) is 10.4. The van der Waals surface area contributed by atoms with Gasteiger partial charge in [-0.3, -0.25) is 4.79 Å². The molecule has 0 atom stereocenters. The Morgan fingerprint density at radius 2 is 1.85 bits per heavy atom. The monoisotopic (exact) mass is 487 g/mol. The number of halogens is 1. The molecule has 4 rings (SSSR count). The minimum atomic E-state index is -3.47. The van der Waals surface area contributed by atoms with E-state index in [1.807, 2.05) is 0 Å². The number of benzene rings is 2. The van der Waals surface area contributed by atoms with Gasteiger partial charge in [-0.05, 0) is 55.5 Å². The van der Waals surface area contributed by atoms with Crippen LogP contribution in [0.1, 0.15) is 42.7 Å². The van der Waals surface area contributed by atoms with Crippen molar-refractivity contribution < 1.29 is 26.9 Å². The molecule has 3 aromatic rings. The maximum atomic E-state index is 13.7. The van der Waals surface area contributed by atoms with E-state index in [9.17, 15) is 17.6 Å². The minimum absolute atomic E-state index is 0.108. The van der Waals surface area contributed by atoms with Crippen LogP contribution in [0.3, 0.4) is 0 Å². The third kappa shape index (κ3) is 5.68. The van der Waals surface area contributed by atoms with Crippen molar-refractivity contribution in [1.82, 2.24) is 14.4 Å². The highest BCUT2D eigenvalue weighted by atomic mass is 32.2. The highest BCUT2D eigenvalue weighted by molar-refractivity contribution is 7.89. The predicted molar refractivity (Wildman–Crippen MR) is 122 cm³/mol. The molecule has 1 aliphatic heterocycles. The van der Waals surface area contributed by atoms with Crippen molar-refractivity contribution >= 4 is 16.0 Å². The molecule has 0 amide bonds. The zero-order valence-electron chi connectivity index (χ0n) is 18.9. The van der Waals surface area contributed by atoms with Gasteiger partial charge >= 0.3 is 5.97 Å². The van der Waals surface area contributed by atoms with Crippen molar-refractivity contribution in [2.45, 2.75) is 50.5 Å². The molecule has 180 valence electrons. The van der Waals surface area contributed by atoms with Crippen molar-refractivity contribution in [1.29, 1.82) is 0 Å². The Bertz CT molecular complexity index is 1250.